The van der Waals surface area contributed by atoms with E-state index in [1.54, 1.807) is 18.2 Å². The molecule has 1 aliphatic carbocycles. The van der Waals surface area contributed by atoms with E-state index in [4.69, 9.17) is 4.74 Å². The van der Waals surface area contributed by atoms with E-state index in [1.807, 2.05) is 30.3 Å². The molecule has 0 aromatic heterocycles. The van der Waals surface area contributed by atoms with Crippen LogP contribution >= 0.6 is 0 Å². The number of carbonyl (C=O) groups excluding carboxylic acids is 2. The van der Waals surface area contributed by atoms with E-state index < -0.39 is 11.3 Å². The van der Waals surface area contributed by atoms with Gasteiger partial charge in [-0.15, -0.1) is 0 Å². The van der Waals surface area contributed by atoms with Gasteiger partial charge < -0.3 is 10.1 Å². The van der Waals surface area contributed by atoms with Crippen LogP contribution in [0.2, 0.25) is 0 Å². The number of rotatable bonds is 6. The van der Waals surface area contributed by atoms with Crippen molar-refractivity contribution in [2.75, 3.05) is 6.61 Å². The molecule has 0 saturated heterocycles. The number of nitrogens with one attached hydrogen (secondary N) is 1. The molecule has 3 rings (SSSR count). The van der Waals surface area contributed by atoms with Crippen LogP contribution in [0.15, 0.2) is 54.6 Å². The van der Waals surface area contributed by atoms with E-state index >= 15 is 0 Å². The lowest BCUT2D eigenvalue weighted by Gasteiger charge is -2.27. The van der Waals surface area contributed by atoms with Gasteiger partial charge in [0.25, 0.3) is 5.91 Å². The van der Waals surface area contributed by atoms with E-state index in [0.717, 1.165) is 31.2 Å². The number of esters is 1. The van der Waals surface area contributed by atoms with Crippen molar-refractivity contribution in [2.45, 2.75) is 37.6 Å². The first kappa shape index (κ1) is 18.1. The summed E-state index contributed by atoms with van der Waals surface area (Å²) < 4.78 is 18.9. The fourth-order valence-corrected chi connectivity index (χ4v) is 3.50. The fourth-order valence-electron chi connectivity index (χ4n) is 3.50. The van der Waals surface area contributed by atoms with Gasteiger partial charge in [-0.1, -0.05) is 61.4 Å². The molecule has 1 saturated carbocycles. The largest absolute Gasteiger partial charge is 0.455 e. The van der Waals surface area contributed by atoms with Crippen molar-refractivity contribution >= 4 is 11.9 Å². The minimum Gasteiger partial charge on any atom is -0.455 e. The minimum absolute atomic E-state index is 0.0624. The Hall–Kier alpha value is -2.69. The average Bonchev–Trinajstić information content (AvgIpc) is 3.17. The number of halogens is 1. The smallest absolute Gasteiger partial charge is 0.317 e. The van der Waals surface area contributed by atoms with Crippen molar-refractivity contribution in [1.82, 2.24) is 5.32 Å². The summed E-state index contributed by atoms with van der Waals surface area (Å²) in [5.41, 5.74) is 0.672. The summed E-state index contributed by atoms with van der Waals surface area (Å²) in [5, 5.41) is 2.58. The number of amides is 1. The first-order valence-electron chi connectivity index (χ1n) is 8.85. The molecule has 5 heteroatoms. The number of benzene rings is 2. The molecule has 26 heavy (non-hydrogen) atoms. The van der Waals surface area contributed by atoms with Gasteiger partial charge in [-0.3, -0.25) is 9.59 Å². The van der Waals surface area contributed by atoms with E-state index in [0.29, 0.717) is 5.56 Å². The van der Waals surface area contributed by atoms with Gasteiger partial charge in [-0.25, -0.2) is 4.39 Å². The molecular formula is C21H22FNO3. The number of carbonyl (C=O) groups is 2. The normalized spacial score (nSPS) is 15.4. The number of hydrogen-bond donors (Lipinski definition) is 1. The highest BCUT2D eigenvalue weighted by molar-refractivity contribution is 5.86. The van der Waals surface area contributed by atoms with Gasteiger partial charge in [0.2, 0.25) is 0 Å². The second kappa shape index (κ2) is 8.13. The Bertz CT molecular complexity index is 770. The summed E-state index contributed by atoms with van der Waals surface area (Å²) in [6, 6.07) is 15.8. The summed E-state index contributed by atoms with van der Waals surface area (Å²) in [7, 11) is 0. The molecule has 0 unspecified atom stereocenters. The Morgan fingerprint density at radius 2 is 1.65 bits per heavy atom. The van der Waals surface area contributed by atoms with Crippen LogP contribution in [0.3, 0.4) is 0 Å². The molecule has 0 spiro atoms. The molecule has 1 N–H and O–H groups in total. The molecule has 4 nitrogen and oxygen atoms in total. The van der Waals surface area contributed by atoms with Gasteiger partial charge in [0.05, 0.1) is 5.41 Å². The van der Waals surface area contributed by atoms with Crippen LogP contribution in [0.4, 0.5) is 4.39 Å². The molecule has 0 radical (unpaired) electrons. The lowest BCUT2D eigenvalue weighted by Crippen LogP contribution is -2.37. The summed E-state index contributed by atoms with van der Waals surface area (Å²) >= 11 is 0. The van der Waals surface area contributed by atoms with Crippen molar-refractivity contribution in [3.63, 3.8) is 0 Å². The van der Waals surface area contributed by atoms with Gasteiger partial charge in [-0.2, -0.15) is 0 Å². The Morgan fingerprint density at radius 3 is 2.35 bits per heavy atom. The minimum atomic E-state index is -0.660. The van der Waals surface area contributed by atoms with E-state index in [9.17, 15) is 14.0 Å². The first-order chi connectivity index (χ1) is 12.6. The molecule has 1 aliphatic rings. The molecule has 2 aromatic rings. The van der Waals surface area contributed by atoms with Crippen LogP contribution < -0.4 is 5.32 Å². The molecule has 0 bridgehead atoms. The first-order valence-corrected chi connectivity index (χ1v) is 8.85. The zero-order valence-electron chi connectivity index (χ0n) is 14.5. The third kappa shape index (κ3) is 3.93. The Kier molecular flexibility index (Phi) is 5.66. The maximum Gasteiger partial charge on any atom is 0.317 e. The van der Waals surface area contributed by atoms with Crippen LogP contribution in [0, 0.1) is 5.82 Å². The molecule has 136 valence electrons. The molecule has 1 fully saturated rings. The molecule has 0 atom stereocenters. The molecule has 0 aliphatic heterocycles. The Labute approximate surface area is 152 Å². The highest BCUT2D eigenvalue weighted by Crippen LogP contribution is 2.42. The monoisotopic (exact) mass is 355 g/mol. The lowest BCUT2D eigenvalue weighted by atomic mass is 9.79. The third-order valence-electron chi connectivity index (χ3n) is 4.94. The van der Waals surface area contributed by atoms with Crippen molar-refractivity contribution in [1.29, 1.82) is 0 Å². The van der Waals surface area contributed by atoms with Gasteiger partial charge in [0, 0.05) is 12.1 Å². The second-order valence-electron chi connectivity index (χ2n) is 6.60. The maximum absolute atomic E-state index is 13.6. The Morgan fingerprint density at radius 1 is 1.00 bits per heavy atom. The van der Waals surface area contributed by atoms with E-state index in [-0.39, 0.29) is 24.9 Å². The molecule has 2 aromatic carbocycles. The quantitative estimate of drug-likeness (QED) is 0.807. The van der Waals surface area contributed by atoms with Crippen LogP contribution in [0.1, 0.15) is 36.8 Å². The van der Waals surface area contributed by atoms with Crippen molar-refractivity contribution in [3.05, 3.63) is 71.5 Å². The summed E-state index contributed by atoms with van der Waals surface area (Å²) in [4.78, 5) is 24.7. The molecule has 0 heterocycles. The highest BCUT2D eigenvalue weighted by Gasteiger charge is 2.44. The average molecular weight is 355 g/mol. The number of hydrogen-bond acceptors (Lipinski definition) is 3. The molecule has 1 amide bonds. The second-order valence-corrected chi connectivity index (χ2v) is 6.60. The summed E-state index contributed by atoms with van der Waals surface area (Å²) in [5.74, 6) is -1.18. The van der Waals surface area contributed by atoms with Gasteiger partial charge in [0.15, 0.2) is 6.61 Å². The number of ether oxygens (including phenoxy) is 1. The van der Waals surface area contributed by atoms with Crippen LogP contribution in [0.25, 0.3) is 0 Å². The van der Waals surface area contributed by atoms with Crippen LogP contribution in [0.5, 0.6) is 0 Å². The predicted molar refractivity (Wildman–Crippen MR) is 95.8 cm³/mol. The Balaban J connectivity index is 1.57. The van der Waals surface area contributed by atoms with Crippen LogP contribution in [-0.4, -0.2) is 18.5 Å². The van der Waals surface area contributed by atoms with Gasteiger partial charge in [-0.05, 0) is 24.5 Å². The third-order valence-corrected chi connectivity index (χ3v) is 4.94. The van der Waals surface area contributed by atoms with Crippen molar-refractivity contribution in [3.8, 4) is 0 Å². The van der Waals surface area contributed by atoms with Crippen molar-refractivity contribution < 1.29 is 18.7 Å². The van der Waals surface area contributed by atoms with Crippen LogP contribution in [-0.2, 0) is 26.3 Å². The SMILES string of the molecule is O=C(COC(=O)C1(c2ccccc2)CCCC1)NCc1ccccc1F. The van der Waals surface area contributed by atoms with E-state index in [2.05, 4.69) is 5.32 Å². The highest BCUT2D eigenvalue weighted by atomic mass is 19.1. The van der Waals surface area contributed by atoms with Gasteiger partial charge in [0.1, 0.15) is 5.82 Å². The molecular weight excluding hydrogens is 333 g/mol. The standard InChI is InChI=1S/C21H22FNO3/c22-18-11-5-4-8-16(18)14-23-19(24)15-26-20(25)21(12-6-7-13-21)17-9-2-1-3-10-17/h1-5,8-11H,6-7,12-15H2,(H,23,24). The zero-order chi connectivity index (χ0) is 18.4. The fraction of sp³-hybridized carbons (Fsp3) is 0.333. The predicted octanol–water partition coefficient (Wildman–Crippen LogP) is 3.50. The lowest BCUT2D eigenvalue weighted by molar-refractivity contribution is -0.154. The maximum atomic E-state index is 13.6. The van der Waals surface area contributed by atoms with Crippen molar-refractivity contribution in [2.24, 2.45) is 0 Å². The summed E-state index contributed by atoms with van der Waals surface area (Å²) in [6.45, 7) is -0.297. The topological polar surface area (TPSA) is 55.4 Å². The summed E-state index contributed by atoms with van der Waals surface area (Å²) in [6.07, 6.45) is 3.38. The zero-order valence-corrected chi connectivity index (χ0v) is 14.5. The van der Waals surface area contributed by atoms with E-state index in [1.165, 1.54) is 6.07 Å². The van der Waals surface area contributed by atoms with Gasteiger partial charge >= 0.3 is 5.97 Å².